The van der Waals surface area contributed by atoms with E-state index in [2.05, 4.69) is 0 Å². The molecule has 0 saturated carbocycles. The van der Waals surface area contributed by atoms with E-state index in [-0.39, 0.29) is 22.5 Å². The largest absolute Gasteiger partial charge is 0.394 e. The molecule has 8 N–H and O–H groups in total. The minimum Gasteiger partial charge on any atom is -0.394 e. The van der Waals surface area contributed by atoms with Gasteiger partial charge in [0.2, 0.25) is 0 Å². The monoisotopic (exact) mass is 698 g/mol. The Labute approximate surface area is 289 Å². The van der Waals surface area contributed by atoms with Crippen LogP contribution >= 0.6 is 0 Å². The smallest absolute Gasteiger partial charge is 0.262 e. The van der Waals surface area contributed by atoms with Gasteiger partial charge in [-0.3, -0.25) is 19.4 Å². The molecule has 0 radical (unpaired) electrons. The summed E-state index contributed by atoms with van der Waals surface area (Å²) in [5.41, 5.74) is 1.73. The van der Waals surface area contributed by atoms with Crippen LogP contribution in [-0.4, -0.2) is 127 Å². The first-order chi connectivity index (χ1) is 23.3. The third-order valence-electron chi connectivity index (χ3n) is 10.1. The van der Waals surface area contributed by atoms with Crippen molar-refractivity contribution in [1.29, 1.82) is 0 Å². The average Bonchev–Trinajstić information content (AvgIpc) is 3.50. The fourth-order valence-electron chi connectivity index (χ4n) is 7.09. The molecule has 272 valence electrons. The lowest BCUT2D eigenvalue weighted by molar-refractivity contribution is -0.228. The van der Waals surface area contributed by atoms with Gasteiger partial charge in [0.25, 0.3) is 11.8 Å². The van der Waals surface area contributed by atoms with Gasteiger partial charge in [0.15, 0.2) is 12.5 Å². The van der Waals surface area contributed by atoms with Crippen molar-refractivity contribution in [3.05, 3.63) is 58.7 Å². The molecule has 4 aliphatic rings. The molecule has 50 heavy (non-hydrogen) atoms. The number of fused-ring (bicyclic) bond motifs is 2. The summed E-state index contributed by atoms with van der Waals surface area (Å²) in [6.45, 7) is 10.4. The molecule has 14 nitrogen and oxygen atoms in total. The molecule has 10 atom stereocenters. The van der Waals surface area contributed by atoms with E-state index in [9.17, 15) is 50.4 Å². The summed E-state index contributed by atoms with van der Waals surface area (Å²) in [7, 11) is 0. The highest BCUT2D eigenvalue weighted by molar-refractivity contribution is 6.50. The van der Waals surface area contributed by atoms with Crippen molar-refractivity contribution in [2.45, 2.75) is 114 Å². The highest BCUT2D eigenvalue weighted by Gasteiger charge is 2.54. The van der Waals surface area contributed by atoms with E-state index in [1.54, 1.807) is 36.4 Å². The van der Waals surface area contributed by atoms with Gasteiger partial charge in [-0.1, -0.05) is 53.7 Å². The summed E-state index contributed by atoms with van der Waals surface area (Å²) >= 11 is 0. The summed E-state index contributed by atoms with van der Waals surface area (Å²) in [6, 6.07) is 10.4. The lowest BCUT2D eigenvalue weighted by atomic mass is 9.83. The maximum Gasteiger partial charge on any atom is 0.262 e. The van der Waals surface area contributed by atoms with Gasteiger partial charge < -0.3 is 50.3 Å². The van der Waals surface area contributed by atoms with Gasteiger partial charge in [0, 0.05) is 11.1 Å². The van der Waals surface area contributed by atoms with Crippen LogP contribution in [0, 0.1) is 0 Å². The maximum atomic E-state index is 14.8. The van der Waals surface area contributed by atoms with Crippen LogP contribution in [-0.2, 0) is 29.9 Å². The fraction of sp³-hybridized carbons (Fsp3) is 0.556. The van der Waals surface area contributed by atoms with E-state index >= 15 is 0 Å². The fourth-order valence-corrected chi connectivity index (χ4v) is 7.09. The molecule has 2 aromatic rings. The van der Waals surface area contributed by atoms with Gasteiger partial charge >= 0.3 is 0 Å². The SMILES string of the molecule is CC(C)(C)c1ccc2c(c1)/C(=C1/C(=O)N([C@H]3O[C@@H](CO)[C@H](O)[C@@H](O)[C@H]3O)c3ccc(C(C)(C)C)cc31)C(=O)N2[C@H]1O[C@@H](CO)[C@H](O)[C@@H](O)[C@H]1O. The van der Waals surface area contributed by atoms with Crippen LogP contribution in [0.2, 0.25) is 0 Å². The minimum atomic E-state index is -1.80. The van der Waals surface area contributed by atoms with Crippen LogP contribution in [0.15, 0.2) is 36.4 Å². The zero-order valence-corrected chi connectivity index (χ0v) is 28.8. The number of rotatable bonds is 4. The second-order valence-corrected chi connectivity index (χ2v) is 15.5. The van der Waals surface area contributed by atoms with E-state index in [4.69, 9.17) is 9.47 Å². The molecule has 14 heteroatoms. The summed E-state index contributed by atoms with van der Waals surface area (Å²) in [5.74, 6) is -1.55. The Morgan fingerprint density at radius 2 is 0.900 bits per heavy atom. The van der Waals surface area contributed by atoms with Gasteiger partial charge in [0.1, 0.15) is 48.8 Å². The lowest BCUT2D eigenvalue weighted by Gasteiger charge is -2.43. The van der Waals surface area contributed by atoms with Crippen molar-refractivity contribution in [3.63, 3.8) is 0 Å². The zero-order valence-electron chi connectivity index (χ0n) is 28.8. The Balaban J connectivity index is 1.60. The third-order valence-corrected chi connectivity index (χ3v) is 10.1. The number of anilines is 2. The van der Waals surface area contributed by atoms with Crippen molar-refractivity contribution >= 4 is 34.3 Å². The number of nitrogens with zero attached hydrogens (tertiary/aromatic N) is 2. The molecule has 0 spiro atoms. The second-order valence-electron chi connectivity index (χ2n) is 15.5. The van der Waals surface area contributed by atoms with Crippen molar-refractivity contribution in [2.24, 2.45) is 0 Å². The molecule has 4 heterocycles. The number of aliphatic hydroxyl groups is 8. The number of aliphatic hydroxyl groups excluding tert-OH is 8. The Morgan fingerprint density at radius 1 is 0.560 bits per heavy atom. The van der Waals surface area contributed by atoms with Gasteiger partial charge in [-0.25, -0.2) is 0 Å². The van der Waals surface area contributed by atoms with Gasteiger partial charge in [0.05, 0.1) is 35.7 Å². The van der Waals surface area contributed by atoms with Crippen LogP contribution < -0.4 is 9.80 Å². The average molecular weight is 699 g/mol. The number of hydrogen-bond acceptors (Lipinski definition) is 12. The third kappa shape index (κ3) is 5.68. The summed E-state index contributed by atoms with van der Waals surface area (Å²) in [6.07, 6.45) is -16.3. The molecule has 2 amide bonds. The Bertz CT molecular complexity index is 1590. The maximum absolute atomic E-state index is 14.8. The molecule has 2 fully saturated rings. The summed E-state index contributed by atoms with van der Waals surface area (Å²) in [4.78, 5) is 31.9. The molecule has 2 aromatic carbocycles. The Hall–Kier alpha value is -3.28. The number of amides is 2. The van der Waals surface area contributed by atoms with Gasteiger partial charge in [-0.05, 0) is 46.2 Å². The summed E-state index contributed by atoms with van der Waals surface area (Å²) in [5, 5.41) is 84.3. The van der Waals surface area contributed by atoms with Crippen molar-refractivity contribution in [1.82, 2.24) is 0 Å². The quantitative estimate of drug-likeness (QED) is 0.189. The number of hydrogen-bond donors (Lipinski definition) is 8. The lowest BCUT2D eigenvalue weighted by Crippen LogP contribution is -2.64. The van der Waals surface area contributed by atoms with Gasteiger partial charge in [-0.15, -0.1) is 0 Å². The number of carbonyl (C=O) groups is 2. The van der Waals surface area contributed by atoms with E-state index < -0.39 is 97.1 Å². The van der Waals surface area contributed by atoms with Gasteiger partial charge in [-0.2, -0.15) is 0 Å². The predicted molar refractivity (Wildman–Crippen MR) is 180 cm³/mol. The zero-order chi connectivity index (χ0) is 36.8. The standard InChI is InChI=1S/C36H46N2O12/c1-35(2,3)15-7-9-19-17(11-15)23(31(47)37(19)33-29(45)27(43)25(41)21(13-39)49-33)24-18-12-16(36(4,5)6)8-10-20(18)38(32(24)48)34-30(46)28(44)26(42)22(14-40)50-34/h7-12,21-22,25-30,33-34,39-46H,13-14H2,1-6H3/b24-23-/t21-,22-,25-,26-,27+,28+,29+,30+,33-,34-/m0/s1. The molecular weight excluding hydrogens is 652 g/mol. The highest BCUT2D eigenvalue weighted by Crippen LogP contribution is 2.50. The molecule has 2 saturated heterocycles. The van der Waals surface area contributed by atoms with Crippen molar-refractivity contribution < 1.29 is 59.9 Å². The number of ether oxygens (including phenoxy) is 2. The molecule has 0 aromatic heterocycles. The minimum absolute atomic E-state index is 0.0764. The Kier molecular flexibility index (Phi) is 9.30. The number of carbonyl (C=O) groups excluding carboxylic acids is 2. The Morgan fingerprint density at radius 3 is 1.20 bits per heavy atom. The highest BCUT2D eigenvalue weighted by atomic mass is 16.6. The first-order valence-corrected chi connectivity index (χ1v) is 16.7. The van der Waals surface area contributed by atoms with Crippen molar-refractivity contribution in [3.8, 4) is 0 Å². The van der Waals surface area contributed by atoms with E-state index in [0.717, 1.165) is 20.9 Å². The van der Waals surface area contributed by atoms with Crippen LogP contribution in [0.25, 0.3) is 11.1 Å². The molecule has 4 aliphatic heterocycles. The van der Waals surface area contributed by atoms with E-state index in [1.165, 1.54) is 0 Å². The van der Waals surface area contributed by atoms with Crippen LogP contribution in [0.4, 0.5) is 11.4 Å². The van der Waals surface area contributed by atoms with Crippen LogP contribution in [0.1, 0.15) is 63.8 Å². The van der Waals surface area contributed by atoms with Crippen LogP contribution in [0.3, 0.4) is 0 Å². The van der Waals surface area contributed by atoms with E-state index in [1.807, 2.05) is 41.5 Å². The molecule has 6 rings (SSSR count). The molecule has 0 bridgehead atoms. The van der Waals surface area contributed by atoms with Crippen molar-refractivity contribution in [2.75, 3.05) is 23.0 Å². The second kappa shape index (κ2) is 12.7. The summed E-state index contributed by atoms with van der Waals surface area (Å²) < 4.78 is 11.7. The number of benzene rings is 2. The first-order valence-electron chi connectivity index (χ1n) is 16.7. The molecule has 0 unspecified atom stereocenters. The molecule has 0 aliphatic carbocycles. The topological polar surface area (TPSA) is 221 Å². The predicted octanol–water partition coefficient (Wildman–Crippen LogP) is -0.515. The van der Waals surface area contributed by atoms with E-state index in [0.29, 0.717) is 11.1 Å². The first kappa shape index (κ1) is 36.5. The van der Waals surface area contributed by atoms with Crippen LogP contribution in [0.5, 0.6) is 0 Å². The molecular formula is C36H46N2O12. The normalized spacial score (nSPS) is 34.8.